The number of hydrogen-bond donors (Lipinski definition) is 2. The van der Waals surface area contributed by atoms with E-state index in [0.717, 1.165) is 24.2 Å². The fraction of sp³-hybridized carbons (Fsp3) is 0.435. The Morgan fingerprint density at radius 1 is 1.29 bits per heavy atom. The molecule has 8 heteroatoms. The molecule has 0 unspecified atom stereocenters. The van der Waals surface area contributed by atoms with Crippen molar-refractivity contribution >= 4 is 34.8 Å². The van der Waals surface area contributed by atoms with Gasteiger partial charge in [0.05, 0.1) is 17.7 Å². The lowest BCUT2D eigenvalue weighted by molar-refractivity contribution is -0.128. The summed E-state index contributed by atoms with van der Waals surface area (Å²) in [5.41, 5.74) is 1.39. The van der Waals surface area contributed by atoms with Gasteiger partial charge in [-0.2, -0.15) is 0 Å². The van der Waals surface area contributed by atoms with Crippen LogP contribution in [0, 0.1) is 16.7 Å². The topological polar surface area (TPSA) is 102 Å². The van der Waals surface area contributed by atoms with Crippen molar-refractivity contribution < 1.29 is 9.59 Å². The van der Waals surface area contributed by atoms with Gasteiger partial charge in [-0.05, 0) is 50.3 Å². The van der Waals surface area contributed by atoms with Crippen molar-refractivity contribution in [2.24, 2.45) is 11.3 Å². The van der Waals surface area contributed by atoms with E-state index in [1.54, 1.807) is 30.0 Å². The Morgan fingerprint density at radius 3 is 2.74 bits per heavy atom. The Hall–Kier alpha value is -3.29. The maximum Gasteiger partial charge on any atom is 0.239 e. The van der Waals surface area contributed by atoms with E-state index < -0.39 is 5.41 Å². The van der Waals surface area contributed by atoms with Crippen molar-refractivity contribution in [3.8, 4) is 0 Å². The van der Waals surface area contributed by atoms with Crippen molar-refractivity contribution in [2.75, 3.05) is 23.8 Å². The lowest BCUT2D eigenvalue weighted by Gasteiger charge is -2.27. The predicted molar refractivity (Wildman–Crippen MR) is 119 cm³/mol. The molecule has 8 nitrogen and oxygen atoms in total. The summed E-state index contributed by atoms with van der Waals surface area (Å²) < 4.78 is 0. The van der Waals surface area contributed by atoms with Crippen molar-refractivity contribution in [2.45, 2.75) is 39.7 Å². The first-order valence-electron chi connectivity index (χ1n) is 10.6. The molecule has 2 amide bonds. The second-order valence-electron chi connectivity index (χ2n) is 8.49. The summed E-state index contributed by atoms with van der Waals surface area (Å²) in [6.07, 6.45) is 4.43. The van der Waals surface area contributed by atoms with Gasteiger partial charge in [-0.3, -0.25) is 9.59 Å². The third-order valence-corrected chi connectivity index (χ3v) is 6.35. The van der Waals surface area contributed by atoms with Gasteiger partial charge in [-0.1, -0.05) is 6.07 Å². The van der Waals surface area contributed by atoms with Crippen LogP contribution in [0.25, 0.3) is 0 Å². The SMILES string of the molecule is CC(=N)[C@@]1(C2CC2)CCN(c2ccnc(Nc3cccc(CN(C)C(C)=O)n3)c2)C1=O. The van der Waals surface area contributed by atoms with Crippen LogP contribution in [0.5, 0.6) is 0 Å². The van der Waals surface area contributed by atoms with Crippen molar-refractivity contribution in [1.29, 1.82) is 5.41 Å². The van der Waals surface area contributed by atoms with Gasteiger partial charge in [0, 0.05) is 44.2 Å². The largest absolute Gasteiger partial charge is 0.340 e. The summed E-state index contributed by atoms with van der Waals surface area (Å²) >= 11 is 0. The monoisotopic (exact) mass is 420 g/mol. The molecule has 0 radical (unpaired) electrons. The Kier molecular flexibility index (Phi) is 5.47. The number of aromatic nitrogens is 2. The van der Waals surface area contributed by atoms with E-state index in [0.29, 0.717) is 42.8 Å². The first kappa shape index (κ1) is 21.0. The van der Waals surface area contributed by atoms with Gasteiger partial charge in [0.25, 0.3) is 0 Å². The molecule has 162 valence electrons. The third kappa shape index (κ3) is 4.02. The highest BCUT2D eigenvalue weighted by atomic mass is 16.2. The molecule has 2 aliphatic rings. The second-order valence-corrected chi connectivity index (χ2v) is 8.49. The molecule has 3 heterocycles. The zero-order chi connectivity index (χ0) is 22.2. The minimum absolute atomic E-state index is 0.0211. The van der Waals surface area contributed by atoms with E-state index in [9.17, 15) is 9.59 Å². The molecule has 1 saturated heterocycles. The fourth-order valence-corrected chi connectivity index (χ4v) is 4.37. The molecule has 31 heavy (non-hydrogen) atoms. The summed E-state index contributed by atoms with van der Waals surface area (Å²) in [5, 5.41) is 11.5. The number of pyridine rings is 2. The maximum absolute atomic E-state index is 13.3. The molecule has 0 aromatic carbocycles. The van der Waals surface area contributed by atoms with Gasteiger partial charge in [0.2, 0.25) is 11.8 Å². The first-order valence-corrected chi connectivity index (χ1v) is 10.6. The number of rotatable bonds is 7. The highest BCUT2D eigenvalue weighted by Crippen LogP contribution is 2.53. The van der Waals surface area contributed by atoms with Gasteiger partial charge in [-0.15, -0.1) is 0 Å². The van der Waals surface area contributed by atoms with Gasteiger partial charge in [0.1, 0.15) is 11.6 Å². The van der Waals surface area contributed by atoms with Crippen LogP contribution < -0.4 is 10.2 Å². The molecular weight excluding hydrogens is 392 g/mol. The number of nitrogens with zero attached hydrogens (tertiary/aromatic N) is 4. The van der Waals surface area contributed by atoms with Crippen molar-refractivity contribution in [3.63, 3.8) is 0 Å². The molecule has 1 saturated carbocycles. The first-order chi connectivity index (χ1) is 14.8. The number of carbonyl (C=O) groups excluding carboxylic acids is 2. The van der Waals surface area contributed by atoms with Crippen LogP contribution in [0.4, 0.5) is 17.3 Å². The molecule has 1 aliphatic carbocycles. The lowest BCUT2D eigenvalue weighted by Crippen LogP contribution is -2.41. The number of hydrogen-bond acceptors (Lipinski definition) is 6. The van der Waals surface area contributed by atoms with Gasteiger partial charge in [-0.25, -0.2) is 9.97 Å². The molecule has 4 rings (SSSR count). The molecule has 1 atom stereocenters. The summed E-state index contributed by atoms with van der Waals surface area (Å²) in [6, 6.07) is 9.26. The highest BCUT2D eigenvalue weighted by Gasteiger charge is 2.57. The second kappa shape index (κ2) is 8.09. The zero-order valence-corrected chi connectivity index (χ0v) is 18.2. The molecule has 1 aliphatic heterocycles. The van der Waals surface area contributed by atoms with E-state index in [1.165, 1.54) is 6.92 Å². The molecule has 2 N–H and O–H groups in total. The summed E-state index contributed by atoms with van der Waals surface area (Å²) in [6.45, 7) is 4.32. The van der Waals surface area contributed by atoms with Crippen LogP contribution in [0.1, 0.15) is 38.8 Å². The molecule has 0 spiro atoms. The van der Waals surface area contributed by atoms with E-state index >= 15 is 0 Å². The molecule has 0 bridgehead atoms. The number of carbonyl (C=O) groups is 2. The minimum Gasteiger partial charge on any atom is -0.340 e. The quantitative estimate of drug-likeness (QED) is 0.669. The van der Waals surface area contributed by atoms with Crippen LogP contribution in [-0.2, 0) is 16.1 Å². The lowest BCUT2D eigenvalue weighted by atomic mass is 9.77. The maximum atomic E-state index is 13.3. The average Bonchev–Trinajstić information content (AvgIpc) is 3.51. The smallest absolute Gasteiger partial charge is 0.239 e. The van der Waals surface area contributed by atoms with E-state index in [2.05, 4.69) is 15.3 Å². The predicted octanol–water partition coefficient (Wildman–Crippen LogP) is 3.37. The molecule has 2 aromatic heterocycles. The van der Waals surface area contributed by atoms with Gasteiger partial charge >= 0.3 is 0 Å². The molecule has 2 aromatic rings. The van der Waals surface area contributed by atoms with Crippen LogP contribution >= 0.6 is 0 Å². The number of anilines is 3. The van der Waals surface area contributed by atoms with E-state index in [4.69, 9.17) is 5.41 Å². The van der Waals surface area contributed by atoms with Crippen LogP contribution in [0.3, 0.4) is 0 Å². The van der Waals surface area contributed by atoms with Crippen molar-refractivity contribution in [1.82, 2.24) is 14.9 Å². The van der Waals surface area contributed by atoms with Crippen molar-refractivity contribution in [3.05, 3.63) is 42.2 Å². The third-order valence-electron chi connectivity index (χ3n) is 6.35. The van der Waals surface area contributed by atoms with Crippen LogP contribution in [0.15, 0.2) is 36.5 Å². The standard InChI is InChI=1S/C23H28N6O2/c1-15(24)23(17-7-8-17)10-12-29(22(23)31)19-9-11-25-21(13-19)27-20-6-4-5-18(26-20)14-28(3)16(2)30/h4-6,9,11,13,17,24H,7-8,10,12,14H2,1-3H3,(H,25,26,27)/t23-/m1/s1. The minimum atomic E-state index is -0.629. The van der Waals surface area contributed by atoms with E-state index in [1.807, 2.05) is 30.3 Å². The average molecular weight is 421 g/mol. The number of amides is 2. The van der Waals surface area contributed by atoms with Crippen LogP contribution in [-0.4, -0.2) is 46.0 Å². The van der Waals surface area contributed by atoms with Gasteiger partial charge < -0.3 is 20.5 Å². The number of nitrogens with one attached hydrogen (secondary N) is 2. The van der Waals surface area contributed by atoms with E-state index in [-0.39, 0.29) is 11.8 Å². The van der Waals surface area contributed by atoms with Gasteiger partial charge in [0.15, 0.2) is 0 Å². The Bertz CT molecular complexity index is 1030. The molecule has 2 fully saturated rings. The Balaban J connectivity index is 1.52. The summed E-state index contributed by atoms with van der Waals surface area (Å²) in [4.78, 5) is 37.1. The Morgan fingerprint density at radius 2 is 2.06 bits per heavy atom. The summed E-state index contributed by atoms with van der Waals surface area (Å²) in [7, 11) is 1.74. The van der Waals surface area contributed by atoms with Crippen LogP contribution in [0.2, 0.25) is 0 Å². The fourth-order valence-electron chi connectivity index (χ4n) is 4.37. The Labute approximate surface area is 182 Å². The summed E-state index contributed by atoms with van der Waals surface area (Å²) in [5.74, 6) is 1.53. The highest BCUT2D eigenvalue weighted by molar-refractivity contribution is 6.15. The zero-order valence-electron chi connectivity index (χ0n) is 18.2. The molecular formula is C23H28N6O2. The normalized spacial score (nSPS) is 20.6.